The summed E-state index contributed by atoms with van der Waals surface area (Å²) in [5.41, 5.74) is 0. The molecule has 2 aliphatic heterocycles. The average Bonchev–Trinajstić information content (AvgIpc) is 3.27. The lowest BCUT2D eigenvalue weighted by Crippen LogP contribution is -2.88. The first kappa shape index (κ1) is 20.3. The number of ether oxygens (including phenoxy) is 1. The van der Waals surface area contributed by atoms with Crippen LogP contribution >= 0.6 is 0 Å². The molecule has 0 unspecified atom stereocenters. The summed E-state index contributed by atoms with van der Waals surface area (Å²) in [4.78, 5) is 14.5. The highest BCUT2D eigenvalue weighted by Gasteiger charge is 2.30. The molecule has 7 nitrogen and oxygen atoms in total. The number of hydrogen-bond acceptors (Lipinski definition) is 4. The van der Waals surface area contributed by atoms with Gasteiger partial charge in [-0.1, -0.05) is 30.3 Å². The van der Waals surface area contributed by atoms with Crippen LogP contribution in [-0.2, 0) is 19.6 Å². The Hall–Kier alpha value is -2.00. The Morgan fingerprint density at radius 1 is 1.07 bits per heavy atom. The molecule has 0 bridgehead atoms. The number of nitrogens with zero attached hydrogens (tertiary/aromatic N) is 2. The molecule has 0 aliphatic carbocycles. The Morgan fingerprint density at radius 3 is 2.55 bits per heavy atom. The molecule has 2 aliphatic rings. The first-order valence-electron chi connectivity index (χ1n) is 10.2. The van der Waals surface area contributed by atoms with Crippen molar-refractivity contribution >= 4 is 26.7 Å². The van der Waals surface area contributed by atoms with Crippen molar-refractivity contribution in [2.45, 2.75) is 23.8 Å². The number of carbonyl (C=O) groups excluding carboxylic acids is 1. The number of sulfonamides is 1. The van der Waals surface area contributed by atoms with E-state index in [-0.39, 0.29) is 12.0 Å². The van der Waals surface area contributed by atoms with E-state index in [9.17, 15) is 13.2 Å². The maximum absolute atomic E-state index is 13.0. The van der Waals surface area contributed by atoms with E-state index in [1.54, 1.807) is 17.0 Å². The van der Waals surface area contributed by atoms with E-state index >= 15 is 0 Å². The number of nitrogens with two attached hydrogens (primary N) is 1. The van der Waals surface area contributed by atoms with Gasteiger partial charge in [-0.25, -0.2) is 8.42 Å². The first-order chi connectivity index (χ1) is 14.0. The van der Waals surface area contributed by atoms with Gasteiger partial charge in [0.05, 0.1) is 4.90 Å². The molecule has 2 aromatic carbocycles. The number of fused-ring (bicyclic) bond motifs is 1. The van der Waals surface area contributed by atoms with Crippen molar-refractivity contribution in [2.24, 2.45) is 0 Å². The number of hydrogen-bond donors (Lipinski definition) is 1. The van der Waals surface area contributed by atoms with Gasteiger partial charge < -0.3 is 15.0 Å². The van der Waals surface area contributed by atoms with Crippen molar-refractivity contribution in [3.05, 3.63) is 42.5 Å². The minimum Gasteiger partial charge on any atom is -0.372 e. The number of piperazine rings is 1. The highest BCUT2D eigenvalue weighted by molar-refractivity contribution is 7.89. The van der Waals surface area contributed by atoms with Crippen molar-refractivity contribution in [2.75, 3.05) is 45.9 Å². The second-order valence-electron chi connectivity index (χ2n) is 7.66. The molecule has 2 heterocycles. The van der Waals surface area contributed by atoms with Crippen LogP contribution in [0.3, 0.4) is 0 Å². The van der Waals surface area contributed by atoms with Gasteiger partial charge in [0.15, 0.2) is 6.54 Å². The smallest absolute Gasteiger partial charge is 0.277 e. The summed E-state index contributed by atoms with van der Waals surface area (Å²) in [5, 5.41) is 3.92. The van der Waals surface area contributed by atoms with Crippen LogP contribution in [0.25, 0.3) is 10.8 Å². The van der Waals surface area contributed by atoms with Gasteiger partial charge in [-0.3, -0.25) is 4.79 Å². The van der Waals surface area contributed by atoms with Crippen LogP contribution in [0, 0.1) is 0 Å². The molecule has 0 aromatic heterocycles. The molecular formula is C21H28N3O4S+. The summed E-state index contributed by atoms with van der Waals surface area (Å²) in [6.45, 7) is 3.53. The molecule has 0 radical (unpaired) electrons. The minimum absolute atomic E-state index is 0.0609. The van der Waals surface area contributed by atoms with Gasteiger partial charge in [-0.2, -0.15) is 4.31 Å². The SMILES string of the molecule is O=C(C[NH2+]C[C@@H]1CCCO1)N1CCN(S(=O)(=O)c2ccc3ccccc3c2)CC1. The molecule has 0 saturated carbocycles. The Kier molecular flexibility index (Phi) is 6.15. The Labute approximate surface area is 171 Å². The highest BCUT2D eigenvalue weighted by Crippen LogP contribution is 2.22. The van der Waals surface area contributed by atoms with Gasteiger partial charge in [0.2, 0.25) is 10.0 Å². The molecule has 8 heteroatoms. The second kappa shape index (κ2) is 8.79. The summed E-state index contributed by atoms with van der Waals surface area (Å²) in [6.07, 6.45) is 2.42. The van der Waals surface area contributed by atoms with Crippen LogP contribution in [0.2, 0.25) is 0 Å². The van der Waals surface area contributed by atoms with Crippen molar-refractivity contribution in [1.29, 1.82) is 0 Å². The lowest BCUT2D eigenvalue weighted by atomic mass is 10.1. The molecule has 2 saturated heterocycles. The second-order valence-corrected chi connectivity index (χ2v) is 9.60. The van der Waals surface area contributed by atoms with Crippen LogP contribution in [0.15, 0.2) is 47.4 Å². The van der Waals surface area contributed by atoms with Crippen LogP contribution < -0.4 is 5.32 Å². The number of rotatable bonds is 6. The van der Waals surface area contributed by atoms with Gasteiger partial charge in [0.1, 0.15) is 12.6 Å². The van der Waals surface area contributed by atoms with Gasteiger partial charge in [0, 0.05) is 32.8 Å². The molecule has 156 valence electrons. The van der Waals surface area contributed by atoms with E-state index in [4.69, 9.17) is 4.74 Å². The summed E-state index contributed by atoms with van der Waals surface area (Å²) in [7, 11) is -3.56. The normalized spacial score (nSPS) is 21.0. The van der Waals surface area contributed by atoms with E-state index < -0.39 is 10.0 Å². The van der Waals surface area contributed by atoms with Gasteiger partial charge in [-0.15, -0.1) is 0 Å². The van der Waals surface area contributed by atoms with E-state index in [1.807, 2.05) is 35.6 Å². The van der Waals surface area contributed by atoms with Crippen LogP contribution in [0.4, 0.5) is 0 Å². The standard InChI is InChI=1S/C21H27N3O4S/c25-21(16-22-15-19-6-3-13-28-19)23-9-11-24(12-10-23)29(26,27)20-8-7-17-4-1-2-5-18(17)14-20/h1-2,4-5,7-8,14,19,22H,3,6,9-13,15-16H2/p+1/t19-/m0/s1. The molecule has 0 spiro atoms. The Morgan fingerprint density at radius 2 is 1.83 bits per heavy atom. The zero-order valence-electron chi connectivity index (χ0n) is 16.5. The third-order valence-electron chi connectivity index (χ3n) is 5.72. The lowest BCUT2D eigenvalue weighted by Gasteiger charge is -2.33. The monoisotopic (exact) mass is 418 g/mol. The number of carbonyl (C=O) groups is 1. The van der Waals surface area contributed by atoms with Crippen LogP contribution in [-0.4, -0.2) is 75.5 Å². The molecule has 2 fully saturated rings. The van der Waals surface area contributed by atoms with Crippen LogP contribution in [0.5, 0.6) is 0 Å². The number of benzene rings is 2. The summed E-state index contributed by atoms with van der Waals surface area (Å²) in [5.74, 6) is 0.0609. The fourth-order valence-corrected chi connectivity index (χ4v) is 5.46. The average molecular weight is 419 g/mol. The molecule has 2 N–H and O–H groups in total. The molecule has 29 heavy (non-hydrogen) atoms. The molecular weight excluding hydrogens is 390 g/mol. The fraction of sp³-hybridized carbons (Fsp3) is 0.476. The minimum atomic E-state index is -3.56. The maximum Gasteiger partial charge on any atom is 0.277 e. The maximum atomic E-state index is 13.0. The predicted octanol–water partition coefficient (Wildman–Crippen LogP) is 0.415. The zero-order valence-corrected chi connectivity index (χ0v) is 17.3. The van der Waals surface area contributed by atoms with Gasteiger partial charge in [0.25, 0.3) is 5.91 Å². The molecule has 2 aromatic rings. The quantitative estimate of drug-likeness (QED) is 0.737. The van der Waals surface area contributed by atoms with Crippen LogP contribution in [0.1, 0.15) is 12.8 Å². The highest BCUT2D eigenvalue weighted by atomic mass is 32.2. The Balaban J connectivity index is 1.32. The van der Waals surface area contributed by atoms with Crippen molar-refractivity contribution in [3.8, 4) is 0 Å². The van der Waals surface area contributed by atoms with Gasteiger partial charge in [-0.05, 0) is 35.7 Å². The zero-order chi connectivity index (χ0) is 20.3. The topological polar surface area (TPSA) is 83.5 Å². The third-order valence-corrected chi connectivity index (χ3v) is 7.62. The van der Waals surface area contributed by atoms with E-state index in [0.717, 1.165) is 36.8 Å². The Bertz CT molecular complexity index is 965. The first-order valence-corrected chi connectivity index (χ1v) is 11.7. The number of amides is 1. The predicted molar refractivity (Wildman–Crippen MR) is 110 cm³/mol. The summed E-state index contributed by atoms with van der Waals surface area (Å²) < 4.78 is 33.1. The summed E-state index contributed by atoms with van der Waals surface area (Å²) in [6, 6.07) is 12.9. The summed E-state index contributed by atoms with van der Waals surface area (Å²) >= 11 is 0. The van der Waals surface area contributed by atoms with Crippen molar-refractivity contribution in [3.63, 3.8) is 0 Å². The van der Waals surface area contributed by atoms with E-state index in [0.29, 0.717) is 37.6 Å². The number of quaternary nitrogens is 1. The van der Waals surface area contributed by atoms with E-state index in [2.05, 4.69) is 0 Å². The molecule has 4 rings (SSSR count). The molecule has 1 amide bonds. The molecule has 1 atom stereocenters. The van der Waals surface area contributed by atoms with Crippen molar-refractivity contribution < 1.29 is 23.3 Å². The lowest BCUT2D eigenvalue weighted by molar-refractivity contribution is -0.650. The van der Waals surface area contributed by atoms with Gasteiger partial charge >= 0.3 is 0 Å². The third kappa shape index (κ3) is 4.61. The fourth-order valence-electron chi connectivity index (χ4n) is 4.01. The van der Waals surface area contributed by atoms with Crippen molar-refractivity contribution in [1.82, 2.24) is 9.21 Å². The largest absolute Gasteiger partial charge is 0.372 e. The van der Waals surface area contributed by atoms with E-state index in [1.165, 1.54) is 4.31 Å².